The molecule has 0 radical (unpaired) electrons. The van der Waals surface area contributed by atoms with Crippen molar-refractivity contribution in [3.8, 4) is 23.3 Å². The Balaban J connectivity index is 2.26. The maximum Gasteiger partial charge on any atom is 0.101 e. The molecule has 4 aromatic rings. The van der Waals surface area contributed by atoms with Crippen LogP contribution in [0.15, 0.2) is 60.9 Å². The molecule has 0 bridgehead atoms. The van der Waals surface area contributed by atoms with Gasteiger partial charge in [-0.25, -0.2) is 0 Å². The lowest BCUT2D eigenvalue weighted by Gasteiger charge is -2.12. The van der Waals surface area contributed by atoms with Crippen LogP contribution in [0.4, 0.5) is 0 Å². The van der Waals surface area contributed by atoms with E-state index in [9.17, 15) is 10.5 Å². The first kappa shape index (κ1) is 13.9. The molecule has 2 aromatic carbocycles. The third-order valence-electron chi connectivity index (χ3n) is 4.04. The van der Waals surface area contributed by atoms with Gasteiger partial charge in [-0.15, -0.1) is 0 Å². The van der Waals surface area contributed by atoms with E-state index in [1.807, 2.05) is 48.5 Å². The van der Waals surface area contributed by atoms with Gasteiger partial charge in [-0.1, -0.05) is 36.4 Å². The normalized spacial score (nSPS) is 10.4. The van der Waals surface area contributed by atoms with Crippen LogP contribution >= 0.6 is 0 Å². The maximum atomic E-state index is 9.59. The summed E-state index contributed by atoms with van der Waals surface area (Å²) in [7, 11) is 0. The SMILES string of the molecule is N#Cc1cnc2ccccc2c1-c1c(C#N)cnc2ccccc12. The predicted octanol–water partition coefficient (Wildman–Crippen LogP) is 4.19. The lowest BCUT2D eigenvalue weighted by Crippen LogP contribution is -1.95. The zero-order valence-electron chi connectivity index (χ0n) is 12.6. The van der Waals surface area contributed by atoms with Gasteiger partial charge in [0.05, 0.1) is 22.2 Å². The number of para-hydroxylation sites is 2. The summed E-state index contributed by atoms with van der Waals surface area (Å²) >= 11 is 0. The number of pyridine rings is 2. The van der Waals surface area contributed by atoms with Crippen molar-refractivity contribution in [3.05, 3.63) is 72.1 Å². The monoisotopic (exact) mass is 306 g/mol. The minimum atomic E-state index is 0.446. The number of aromatic nitrogens is 2. The van der Waals surface area contributed by atoms with E-state index < -0.39 is 0 Å². The number of nitriles is 2. The summed E-state index contributed by atoms with van der Waals surface area (Å²) in [6.45, 7) is 0. The second-order valence-electron chi connectivity index (χ2n) is 5.35. The minimum absolute atomic E-state index is 0.446. The Kier molecular flexibility index (Phi) is 3.16. The Hall–Kier alpha value is -3.76. The Bertz CT molecular complexity index is 1080. The fraction of sp³-hybridized carbons (Fsp3) is 0. The first-order chi connectivity index (χ1) is 11.8. The van der Waals surface area contributed by atoms with Crippen LogP contribution in [0.5, 0.6) is 0 Å². The van der Waals surface area contributed by atoms with E-state index in [2.05, 4.69) is 22.1 Å². The number of hydrogen-bond acceptors (Lipinski definition) is 4. The summed E-state index contributed by atoms with van der Waals surface area (Å²) in [6.07, 6.45) is 3.13. The predicted molar refractivity (Wildman–Crippen MR) is 91.9 cm³/mol. The van der Waals surface area contributed by atoms with Gasteiger partial charge in [0, 0.05) is 34.3 Å². The summed E-state index contributed by atoms with van der Waals surface area (Å²) in [6, 6.07) is 19.7. The minimum Gasteiger partial charge on any atom is -0.255 e. The van der Waals surface area contributed by atoms with E-state index in [1.54, 1.807) is 12.4 Å². The molecule has 110 valence electrons. The number of benzene rings is 2. The molecule has 4 nitrogen and oxygen atoms in total. The highest BCUT2D eigenvalue weighted by atomic mass is 14.7. The zero-order valence-corrected chi connectivity index (χ0v) is 12.6. The fourth-order valence-electron chi connectivity index (χ4n) is 2.99. The van der Waals surface area contributed by atoms with Crippen molar-refractivity contribution in [3.63, 3.8) is 0 Å². The second kappa shape index (κ2) is 5.46. The molecule has 0 aliphatic carbocycles. The molecule has 0 atom stereocenters. The van der Waals surface area contributed by atoms with Crippen LogP contribution in [0, 0.1) is 22.7 Å². The van der Waals surface area contributed by atoms with Gasteiger partial charge in [-0.3, -0.25) is 9.97 Å². The Morgan fingerprint density at radius 1 is 0.625 bits per heavy atom. The van der Waals surface area contributed by atoms with Gasteiger partial charge in [-0.05, 0) is 12.1 Å². The molecule has 0 unspecified atom stereocenters. The second-order valence-corrected chi connectivity index (χ2v) is 5.35. The molecule has 24 heavy (non-hydrogen) atoms. The number of nitrogens with zero attached hydrogens (tertiary/aromatic N) is 4. The van der Waals surface area contributed by atoms with E-state index in [-0.39, 0.29) is 0 Å². The molecule has 0 fully saturated rings. The van der Waals surface area contributed by atoms with Gasteiger partial charge in [0.2, 0.25) is 0 Å². The molecule has 4 rings (SSSR count). The molecule has 0 saturated carbocycles. The van der Waals surface area contributed by atoms with E-state index in [4.69, 9.17) is 0 Å². The average molecular weight is 306 g/mol. The number of rotatable bonds is 1. The van der Waals surface area contributed by atoms with E-state index in [0.717, 1.165) is 32.9 Å². The van der Waals surface area contributed by atoms with Crippen LogP contribution in [0.3, 0.4) is 0 Å². The zero-order chi connectivity index (χ0) is 16.5. The summed E-state index contributed by atoms with van der Waals surface area (Å²) < 4.78 is 0. The smallest absolute Gasteiger partial charge is 0.101 e. The van der Waals surface area contributed by atoms with Crippen LogP contribution < -0.4 is 0 Å². The van der Waals surface area contributed by atoms with E-state index >= 15 is 0 Å². The van der Waals surface area contributed by atoms with Crippen molar-refractivity contribution in [2.45, 2.75) is 0 Å². The Morgan fingerprint density at radius 3 is 1.46 bits per heavy atom. The summed E-state index contributed by atoms with van der Waals surface area (Å²) in [5, 5.41) is 20.9. The lowest BCUT2D eigenvalue weighted by atomic mass is 9.91. The van der Waals surface area contributed by atoms with Crippen LogP contribution in [-0.4, -0.2) is 9.97 Å². The van der Waals surface area contributed by atoms with Gasteiger partial charge in [0.1, 0.15) is 12.1 Å². The average Bonchev–Trinajstić information content (AvgIpc) is 2.66. The highest BCUT2D eigenvalue weighted by Gasteiger charge is 2.17. The first-order valence-corrected chi connectivity index (χ1v) is 7.39. The van der Waals surface area contributed by atoms with E-state index in [1.165, 1.54) is 0 Å². The Morgan fingerprint density at radius 2 is 1.04 bits per heavy atom. The van der Waals surface area contributed by atoms with Gasteiger partial charge in [0.25, 0.3) is 0 Å². The van der Waals surface area contributed by atoms with Crippen molar-refractivity contribution < 1.29 is 0 Å². The highest BCUT2D eigenvalue weighted by molar-refractivity contribution is 6.07. The van der Waals surface area contributed by atoms with E-state index in [0.29, 0.717) is 11.1 Å². The number of hydrogen-bond donors (Lipinski definition) is 0. The molecule has 2 aromatic heterocycles. The van der Waals surface area contributed by atoms with Gasteiger partial charge in [0.15, 0.2) is 0 Å². The quantitative estimate of drug-likeness (QED) is 0.528. The fourth-order valence-corrected chi connectivity index (χ4v) is 2.99. The van der Waals surface area contributed by atoms with Crippen molar-refractivity contribution in [1.82, 2.24) is 9.97 Å². The molecule has 0 aliphatic heterocycles. The third kappa shape index (κ3) is 1.99. The van der Waals surface area contributed by atoms with Crippen molar-refractivity contribution in [2.24, 2.45) is 0 Å². The summed E-state index contributed by atoms with van der Waals surface area (Å²) in [5.74, 6) is 0. The highest BCUT2D eigenvalue weighted by Crippen LogP contribution is 2.37. The lowest BCUT2D eigenvalue weighted by molar-refractivity contribution is 1.35. The van der Waals surface area contributed by atoms with Crippen molar-refractivity contribution in [1.29, 1.82) is 10.5 Å². The van der Waals surface area contributed by atoms with Crippen LogP contribution in [0.25, 0.3) is 32.9 Å². The van der Waals surface area contributed by atoms with Crippen LogP contribution in [-0.2, 0) is 0 Å². The first-order valence-electron chi connectivity index (χ1n) is 7.39. The molecular formula is C20H10N4. The molecule has 0 saturated heterocycles. The Labute approximate surface area is 138 Å². The molecule has 0 amide bonds. The van der Waals surface area contributed by atoms with Gasteiger partial charge < -0.3 is 0 Å². The summed E-state index contributed by atoms with van der Waals surface area (Å²) in [5.41, 5.74) is 3.94. The van der Waals surface area contributed by atoms with Crippen molar-refractivity contribution >= 4 is 21.8 Å². The van der Waals surface area contributed by atoms with Crippen LogP contribution in [0.2, 0.25) is 0 Å². The van der Waals surface area contributed by atoms with Gasteiger partial charge in [-0.2, -0.15) is 10.5 Å². The molecule has 0 N–H and O–H groups in total. The molecule has 0 aliphatic rings. The number of fused-ring (bicyclic) bond motifs is 2. The third-order valence-corrected chi connectivity index (χ3v) is 4.04. The molecule has 2 heterocycles. The van der Waals surface area contributed by atoms with Crippen LogP contribution in [0.1, 0.15) is 11.1 Å². The van der Waals surface area contributed by atoms with Crippen molar-refractivity contribution in [2.75, 3.05) is 0 Å². The molecule has 4 heteroatoms. The summed E-state index contributed by atoms with van der Waals surface area (Å²) in [4.78, 5) is 8.71. The van der Waals surface area contributed by atoms with Gasteiger partial charge >= 0.3 is 0 Å². The molecular weight excluding hydrogens is 296 g/mol. The standard InChI is InChI=1S/C20H10N4/c21-9-13-11-23-17-7-3-1-5-15(17)19(13)20-14(10-22)12-24-18-8-4-2-6-16(18)20/h1-8,11-12H. The largest absolute Gasteiger partial charge is 0.255 e. The maximum absolute atomic E-state index is 9.59. The topological polar surface area (TPSA) is 73.4 Å². The molecule has 0 spiro atoms.